The summed E-state index contributed by atoms with van der Waals surface area (Å²) in [5, 5.41) is 2.87. The standard InChI is InChI=1S/C28H33N3O5/c1-34-25-17-22-23(27(32)29-24(22)18-26(25)35-2)16-19-6-8-21(9-7-19)36-28(33)31-14-10-20(11-15-31)30-12-4-3-5-13-30/h6-9,16-18,20H,3-5,10-15H2,1-2H3,(H,29,32)/b23-16+. The summed E-state index contributed by atoms with van der Waals surface area (Å²) in [6, 6.07) is 11.3. The van der Waals surface area contributed by atoms with E-state index >= 15 is 0 Å². The average Bonchev–Trinajstić information content (AvgIpc) is 3.22. The van der Waals surface area contributed by atoms with Gasteiger partial charge in [0.2, 0.25) is 0 Å². The summed E-state index contributed by atoms with van der Waals surface area (Å²) in [4.78, 5) is 29.7. The molecule has 3 heterocycles. The van der Waals surface area contributed by atoms with Gasteiger partial charge in [-0.15, -0.1) is 0 Å². The zero-order valence-corrected chi connectivity index (χ0v) is 20.9. The molecule has 3 aliphatic heterocycles. The number of anilines is 1. The molecule has 36 heavy (non-hydrogen) atoms. The maximum Gasteiger partial charge on any atom is 0.415 e. The van der Waals surface area contributed by atoms with E-state index in [1.54, 1.807) is 43.4 Å². The molecule has 0 aliphatic carbocycles. The molecule has 8 nitrogen and oxygen atoms in total. The number of amides is 2. The lowest BCUT2D eigenvalue weighted by Crippen LogP contribution is -2.48. The van der Waals surface area contributed by atoms with Gasteiger partial charge in [0.1, 0.15) is 5.75 Å². The Morgan fingerprint density at radius 3 is 2.28 bits per heavy atom. The van der Waals surface area contributed by atoms with Crippen molar-refractivity contribution < 1.29 is 23.8 Å². The van der Waals surface area contributed by atoms with Gasteiger partial charge < -0.3 is 29.3 Å². The molecule has 0 saturated carbocycles. The fourth-order valence-electron chi connectivity index (χ4n) is 5.32. The second-order valence-corrected chi connectivity index (χ2v) is 9.52. The van der Waals surface area contributed by atoms with Crippen LogP contribution in [-0.2, 0) is 4.79 Å². The highest BCUT2D eigenvalue weighted by atomic mass is 16.6. The third-order valence-corrected chi connectivity index (χ3v) is 7.33. The average molecular weight is 492 g/mol. The van der Waals surface area contributed by atoms with Crippen LogP contribution < -0.4 is 19.5 Å². The fraction of sp³-hybridized carbons (Fsp3) is 0.429. The Morgan fingerprint density at radius 1 is 0.944 bits per heavy atom. The van der Waals surface area contributed by atoms with Crippen LogP contribution in [-0.4, -0.2) is 68.2 Å². The lowest BCUT2D eigenvalue weighted by molar-refractivity contribution is -0.110. The van der Waals surface area contributed by atoms with E-state index in [1.807, 2.05) is 18.2 Å². The van der Waals surface area contributed by atoms with Gasteiger partial charge in [-0.2, -0.15) is 0 Å². The monoisotopic (exact) mass is 491 g/mol. The molecule has 0 aromatic heterocycles. The van der Waals surface area contributed by atoms with E-state index in [9.17, 15) is 9.59 Å². The van der Waals surface area contributed by atoms with E-state index in [2.05, 4.69) is 10.2 Å². The first-order valence-electron chi connectivity index (χ1n) is 12.7. The molecule has 3 aliphatic rings. The maximum atomic E-state index is 12.7. The van der Waals surface area contributed by atoms with E-state index < -0.39 is 0 Å². The van der Waals surface area contributed by atoms with Crippen LogP contribution >= 0.6 is 0 Å². The van der Waals surface area contributed by atoms with Crippen LogP contribution in [0.5, 0.6) is 17.2 Å². The summed E-state index contributed by atoms with van der Waals surface area (Å²) in [6.45, 7) is 3.83. The number of hydrogen-bond donors (Lipinski definition) is 1. The summed E-state index contributed by atoms with van der Waals surface area (Å²) < 4.78 is 16.4. The molecule has 1 N–H and O–H groups in total. The summed E-state index contributed by atoms with van der Waals surface area (Å²) in [7, 11) is 3.12. The number of benzene rings is 2. The molecule has 190 valence electrons. The number of rotatable bonds is 5. The molecule has 0 bridgehead atoms. The molecule has 0 radical (unpaired) electrons. The first kappa shape index (κ1) is 24.2. The number of nitrogens with zero attached hydrogens (tertiary/aromatic N) is 2. The van der Waals surface area contributed by atoms with Gasteiger partial charge in [0.25, 0.3) is 5.91 Å². The number of methoxy groups -OCH3 is 2. The number of carbonyl (C=O) groups excluding carboxylic acids is 2. The predicted molar refractivity (Wildman–Crippen MR) is 139 cm³/mol. The quantitative estimate of drug-likeness (QED) is 0.614. The highest BCUT2D eigenvalue weighted by Crippen LogP contribution is 2.41. The van der Waals surface area contributed by atoms with Crippen LogP contribution in [0.3, 0.4) is 0 Å². The lowest BCUT2D eigenvalue weighted by Gasteiger charge is -2.39. The normalized spacial score (nSPS) is 19.7. The first-order valence-corrected chi connectivity index (χ1v) is 12.7. The van der Waals surface area contributed by atoms with E-state index in [-0.39, 0.29) is 12.0 Å². The fourth-order valence-corrected chi connectivity index (χ4v) is 5.32. The highest BCUT2D eigenvalue weighted by Gasteiger charge is 2.29. The van der Waals surface area contributed by atoms with Crippen LogP contribution in [0.1, 0.15) is 43.2 Å². The minimum Gasteiger partial charge on any atom is -0.493 e. The van der Waals surface area contributed by atoms with Crippen molar-refractivity contribution in [1.29, 1.82) is 0 Å². The van der Waals surface area contributed by atoms with Gasteiger partial charge in [-0.1, -0.05) is 18.6 Å². The Kier molecular flexibility index (Phi) is 7.13. The van der Waals surface area contributed by atoms with Gasteiger partial charge in [0.05, 0.1) is 19.9 Å². The van der Waals surface area contributed by atoms with Gasteiger partial charge in [-0.25, -0.2) is 4.79 Å². The molecule has 5 rings (SSSR count). The third kappa shape index (κ3) is 5.04. The van der Waals surface area contributed by atoms with Crippen LogP contribution in [0.15, 0.2) is 36.4 Å². The highest BCUT2D eigenvalue weighted by molar-refractivity contribution is 6.35. The predicted octanol–water partition coefficient (Wildman–Crippen LogP) is 4.65. The zero-order valence-electron chi connectivity index (χ0n) is 20.9. The van der Waals surface area contributed by atoms with Gasteiger partial charge in [0, 0.05) is 36.3 Å². The Hall–Kier alpha value is -3.52. The van der Waals surface area contributed by atoms with Crippen molar-refractivity contribution in [1.82, 2.24) is 9.80 Å². The third-order valence-electron chi connectivity index (χ3n) is 7.33. The van der Waals surface area contributed by atoms with Crippen molar-refractivity contribution in [3.8, 4) is 17.2 Å². The number of ether oxygens (including phenoxy) is 3. The molecule has 0 atom stereocenters. The number of nitrogens with one attached hydrogen (secondary N) is 1. The number of carbonyl (C=O) groups is 2. The van der Waals surface area contributed by atoms with Crippen molar-refractivity contribution in [2.45, 2.75) is 38.1 Å². The summed E-state index contributed by atoms with van der Waals surface area (Å²) in [6.07, 6.45) is 7.42. The second kappa shape index (κ2) is 10.6. The molecular formula is C28H33N3O5. The van der Waals surface area contributed by atoms with Crippen LogP contribution in [0.2, 0.25) is 0 Å². The van der Waals surface area contributed by atoms with Crippen molar-refractivity contribution >= 4 is 29.3 Å². The number of piperidine rings is 2. The van der Waals surface area contributed by atoms with Gasteiger partial charge in [0.15, 0.2) is 11.5 Å². The number of fused-ring (bicyclic) bond motifs is 1. The molecule has 2 fully saturated rings. The lowest BCUT2D eigenvalue weighted by atomic mass is 10.0. The van der Waals surface area contributed by atoms with E-state index in [0.29, 0.717) is 34.6 Å². The maximum absolute atomic E-state index is 12.7. The summed E-state index contributed by atoms with van der Waals surface area (Å²) in [5.41, 5.74) is 2.79. The van der Waals surface area contributed by atoms with E-state index in [0.717, 1.165) is 37.1 Å². The molecule has 2 amide bonds. The number of hydrogen-bond acceptors (Lipinski definition) is 6. The number of likely N-dealkylation sites (tertiary alicyclic amines) is 2. The first-order chi connectivity index (χ1) is 17.6. The smallest absolute Gasteiger partial charge is 0.415 e. The van der Waals surface area contributed by atoms with Crippen LogP contribution in [0.4, 0.5) is 10.5 Å². The van der Waals surface area contributed by atoms with E-state index in [4.69, 9.17) is 14.2 Å². The van der Waals surface area contributed by atoms with Gasteiger partial charge in [-0.3, -0.25) is 4.79 Å². The van der Waals surface area contributed by atoms with Crippen LogP contribution in [0.25, 0.3) is 11.6 Å². The minimum absolute atomic E-state index is 0.191. The molecule has 2 saturated heterocycles. The Balaban J connectivity index is 1.21. The molecule has 2 aromatic carbocycles. The van der Waals surface area contributed by atoms with Gasteiger partial charge in [-0.05, 0) is 68.6 Å². The van der Waals surface area contributed by atoms with Crippen molar-refractivity contribution in [3.05, 3.63) is 47.5 Å². The van der Waals surface area contributed by atoms with Crippen molar-refractivity contribution in [2.24, 2.45) is 0 Å². The Bertz CT molecular complexity index is 1150. The SMILES string of the molecule is COc1cc2c(cc1OC)/C(=C\c1ccc(OC(=O)N3CCC(N4CCCCC4)CC3)cc1)C(=O)N2. The molecule has 8 heteroatoms. The van der Waals surface area contributed by atoms with Crippen molar-refractivity contribution in [2.75, 3.05) is 45.7 Å². The molecule has 2 aromatic rings. The minimum atomic E-state index is -0.302. The Morgan fingerprint density at radius 2 is 1.61 bits per heavy atom. The second-order valence-electron chi connectivity index (χ2n) is 9.52. The molecule has 0 unspecified atom stereocenters. The molecule has 0 spiro atoms. The topological polar surface area (TPSA) is 80.3 Å². The largest absolute Gasteiger partial charge is 0.493 e. The Labute approximate surface area is 211 Å². The summed E-state index contributed by atoms with van der Waals surface area (Å²) >= 11 is 0. The summed E-state index contributed by atoms with van der Waals surface area (Å²) in [5.74, 6) is 1.41. The zero-order chi connectivity index (χ0) is 25.1. The van der Waals surface area contributed by atoms with E-state index in [1.165, 1.54) is 32.4 Å². The van der Waals surface area contributed by atoms with Gasteiger partial charge >= 0.3 is 6.09 Å². The van der Waals surface area contributed by atoms with Crippen LogP contribution in [0, 0.1) is 0 Å². The van der Waals surface area contributed by atoms with Crippen molar-refractivity contribution in [3.63, 3.8) is 0 Å². The molecular weight excluding hydrogens is 458 g/mol.